The van der Waals surface area contributed by atoms with Crippen molar-refractivity contribution >= 4 is 35.4 Å². The van der Waals surface area contributed by atoms with Crippen LogP contribution >= 0.6 is 12.8 Å². The van der Waals surface area contributed by atoms with Crippen LogP contribution in [0.2, 0.25) is 0 Å². The maximum atomic E-state index is 11.9. The maximum absolute atomic E-state index is 11.9. The van der Waals surface area contributed by atoms with E-state index in [-0.39, 0.29) is 16.7 Å². The van der Waals surface area contributed by atoms with Crippen molar-refractivity contribution in [3.05, 3.63) is 70.4 Å². The molecule has 0 radical (unpaired) electrons. The molecule has 2 aromatic carbocycles. The molecule has 0 saturated heterocycles. The van der Waals surface area contributed by atoms with Crippen molar-refractivity contribution in [1.29, 1.82) is 0 Å². The van der Waals surface area contributed by atoms with Gasteiger partial charge in [-0.3, -0.25) is 4.79 Å². The third-order valence-electron chi connectivity index (χ3n) is 4.33. The van der Waals surface area contributed by atoms with E-state index >= 15 is 0 Å². The van der Waals surface area contributed by atoms with Gasteiger partial charge in [0.1, 0.15) is 17.1 Å². The minimum absolute atomic E-state index is 0.00269. The van der Waals surface area contributed by atoms with Gasteiger partial charge in [-0.2, -0.15) is 0 Å². The lowest BCUT2D eigenvalue weighted by molar-refractivity contribution is 0.0698. The molecule has 27 heavy (non-hydrogen) atoms. The highest BCUT2D eigenvalue weighted by Gasteiger charge is 2.22. The molecule has 0 spiro atoms. The molecular weight excluding hydrogens is 366 g/mol. The van der Waals surface area contributed by atoms with Crippen LogP contribution in [0.4, 0.5) is 5.69 Å². The first kappa shape index (κ1) is 17.0. The molecule has 2 aliphatic rings. The Morgan fingerprint density at radius 1 is 1.00 bits per heavy atom. The van der Waals surface area contributed by atoms with Gasteiger partial charge in [-0.1, -0.05) is 18.9 Å². The Morgan fingerprint density at radius 3 is 2.52 bits per heavy atom. The molecule has 0 aromatic heterocycles. The van der Waals surface area contributed by atoms with Gasteiger partial charge >= 0.3 is 5.97 Å². The highest BCUT2D eigenvalue weighted by Crippen LogP contribution is 2.42. The van der Waals surface area contributed by atoms with Crippen molar-refractivity contribution in [3.63, 3.8) is 0 Å². The summed E-state index contributed by atoms with van der Waals surface area (Å²) in [5, 5.41) is 20.1. The Bertz CT molecular complexity index is 1230. The number of benzene rings is 3. The van der Waals surface area contributed by atoms with Gasteiger partial charge in [-0.05, 0) is 42.0 Å². The van der Waals surface area contributed by atoms with E-state index in [0.717, 1.165) is 0 Å². The zero-order valence-corrected chi connectivity index (χ0v) is 14.7. The first-order valence-electron chi connectivity index (χ1n) is 7.95. The molecule has 1 heterocycles. The van der Waals surface area contributed by atoms with E-state index in [4.69, 9.17) is 4.42 Å². The number of rotatable bonds is 3. The van der Waals surface area contributed by atoms with E-state index in [2.05, 4.69) is 17.5 Å². The second-order valence-corrected chi connectivity index (χ2v) is 6.22. The third-order valence-corrected chi connectivity index (χ3v) is 4.58. The first-order valence-corrected chi connectivity index (χ1v) is 8.40. The fourth-order valence-electron chi connectivity index (χ4n) is 3.16. The second-order valence-electron chi connectivity index (χ2n) is 5.99. The lowest BCUT2D eigenvalue weighted by atomic mass is 9.90. The molecule has 0 atom stereocenters. The molecule has 6 nitrogen and oxygen atoms in total. The molecule has 7 heteroatoms. The summed E-state index contributed by atoms with van der Waals surface area (Å²) in [5.41, 5.74) is 2.39. The standard InChI is InChI=1S/C20H13NO5S/c22-11-2-5-14-17(8-11)26-18-9-12(23)3-6-15(18)19(14)13-4-1-10(21-27)7-16(13)20(24)25/h1-9,21-22,27H,(H,24,25). The van der Waals surface area contributed by atoms with Crippen LogP contribution in [-0.4, -0.2) is 16.2 Å². The number of hydrogen-bond acceptors (Lipinski definition) is 6. The fourth-order valence-corrected chi connectivity index (χ4v) is 3.30. The minimum Gasteiger partial charge on any atom is -0.508 e. The Kier molecular flexibility index (Phi) is 4.01. The Balaban J connectivity index is 2.18. The number of carboxylic acids is 1. The summed E-state index contributed by atoms with van der Waals surface area (Å²) in [6.45, 7) is 0. The Labute approximate surface area is 158 Å². The van der Waals surface area contributed by atoms with Gasteiger partial charge in [0.25, 0.3) is 0 Å². The van der Waals surface area contributed by atoms with Crippen molar-refractivity contribution in [1.82, 2.24) is 0 Å². The summed E-state index contributed by atoms with van der Waals surface area (Å²) in [4.78, 5) is 23.7. The quantitative estimate of drug-likeness (QED) is 0.314. The number of anilines is 1. The summed E-state index contributed by atoms with van der Waals surface area (Å²) in [6.07, 6.45) is 0. The molecule has 1 aliphatic heterocycles. The number of phenolic OH excluding ortho intramolecular Hbond substituents is 1. The van der Waals surface area contributed by atoms with Gasteiger partial charge in [-0.25, -0.2) is 4.79 Å². The van der Waals surface area contributed by atoms with Gasteiger partial charge in [-0.15, -0.1) is 0 Å². The largest absolute Gasteiger partial charge is 0.508 e. The van der Waals surface area contributed by atoms with Gasteiger partial charge in [0, 0.05) is 34.3 Å². The van der Waals surface area contributed by atoms with Crippen LogP contribution in [0.1, 0.15) is 10.4 Å². The Hall–Kier alpha value is -3.45. The number of aromatic hydroxyl groups is 1. The van der Waals surface area contributed by atoms with E-state index in [1.54, 1.807) is 24.3 Å². The molecule has 134 valence electrons. The van der Waals surface area contributed by atoms with Gasteiger partial charge in [0.2, 0.25) is 0 Å². The molecule has 4 rings (SSSR count). The normalized spacial score (nSPS) is 11.0. The fraction of sp³-hybridized carbons (Fsp3) is 0. The monoisotopic (exact) mass is 379 g/mol. The zero-order chi connectivity index (χ0) is 19.1. The predicted octanol–water partition coefficient (Wildman–Crippen LogP) is 4.23. The maximum Gasteiger partial charge on any atom is 0.336 e. The van der Waals surface area contributed by atoms with E-state index in [1.807, 2.05) is 0 Å². The average Bonchev–Trinajstić information content (AvgIpc) is 2.65. The number of hydrogen-bond donors (Lipinski definition) is 4. The molecule has 3 N–H and O–H groups in total. The van der Waals surface area contributed by atoms with Gasteiger partial charge in [0.05, 0.1) is 5.56 Å². The molecule has 0 bridgehead atoms. The van der Waals surface area contributed by atoms with Crippen molar-refractivity contribution in [2.24, 2.45) is 0 Å². The average molecular weight is 379 g/mol. The molecule has 0 amide bonds. The van der Waals surface area contributed by atoms with Gasteiger partial charge < -0.3 is 19.4 Å². The number of nitrogens with one attached hydrogen (secondary N) is 1. The van der Waals surface area contributed by atoms with Crippen molar-refractivity contribution in [2.75, 3.05) is 4.72 Å². The van der Waals surface area contributed by atoms with Crippen LogP contribution in [-0.2, 0) is 0 Å². The summed E-state index contributed by atoms with van der Waals surface area (Å²) in [7, 11) is 0. The molecule has 0 unspecified atom stereocenters. The zero-order valence-electron chi connectivity index (χ0n) is 13.8. The van der Waals surface area contributed by atoms with Gasteiger partial charge in [0.15, 0.2) is 5.43 Å². The molecule has 1 aliphatic carbocycles. The van der Waals surface area contributed by atoms with Crippen LogP contribution in [0, 0.1) is 0 Å². The van der Waals surface area contributed by atoms with Crippen LogP contribution in [0.5, 0.6) is 5.75 Å². The number of thiol groups is 1. The van der Waals surface area contributed by atoms with Crippen LogP contribution in [0.15, 0.2) is 63.8 Å². The van der Waals surface area contributed by atoms with Crippen LogP contribution < -0.4 is 10.2 Å². The van der Waals surface area contributed by atoms with E-state index in [9.17, 15) is 19.8 Å². The lowest BCUT2D eigenvalue weighted by Crippen LogP contribution is -2.04. The summed E-state index contributed by atoms with van der Waals surface area (Å²) >= 11 is 3.97. The summed E-state index contributed by atoms with van der Waals surface area (Å²) in [6, 6.07) is 13.8. The first-order chi connectivity index (χ1) is 13.0. The predicted molar refractivity (Wildman–Crippen MR) is 106 cm³/mol. The highest BCUT2D eigenvalue weighted by atomic mass is 32.1. The number of fused-ring (bicyclic) bond motifs is 2. The molecule has 0 saturated carbocycles. The summed E-state index contributed by atoms with van der Waals surface area (Å²) in [5.74, 6) is -0.789. The topological polar surface area (TPSA) is 99.8 Å². The SMILES string of the molecule is O=C(O)c1cc(NS)ccc1-c1c2ccc(=O)cc-2oc2cc(O)ccc12. The number of carbonyl (C=O) groups is 1. The highest BCUT2D eigenvalue weighted by molar-refractivity contribution is 7.81. The molecule has 0 fully saturated rings. The second kappa shape index (κ2) is 6.37. The summed E-state index contributed by atoms with van der Waals surface area (Å²) < 4.78 is 8.41. The molecule has 2 aromatic rings. The number of carboxylic acid groups (broad SMARTS) is 1. The van der Waals surface area contributed by atoms with Crippen LogP contribution in [0.25, 0.3) is 33.4 Å². The van der Waals surface area contributed by atoms with E-state index < -0.39 is 5.97 Å². The van der Waals surface area contributed by atoms with Crippen molar-refractivity contribution in [2.45, 2.75) is 0 Å². The van der Waals surface area contributed by atoms with E-state index in [1.165, 1.54) is 30.3 Å². The minimum atomic E-state index is -1.10. The smallest absolute Gasteiger partial charge is 0.336 e. The third kappa shape index (κ3) is 2.88. The van der Waals surface area contributed by atoms with Crippen molar-refractivity contribution in [3.8, 4) is 28.2 Å². The van der Waals surface area contributed by atoms with Crippen LogP contribution in [0.3, 0.4) is 0 Å². The molecular formula is C20H13NO5S. The van der Waals surface area contributed by atoms with E-state index in [0.29, 0.717) is 39.1 Å². The number of aromatic carboxylic acids is 1. The lowest BCUT2D eigenvalue weighted by Gasteiger charge is -2.17. The number of phenols is 1. The van der Waals surface area contributed by atoms with Crippen molar-refractivity contribution < 1.29 is 19.4 Å². The Morgan fingerprint density at radius 2 is 1.78 bits per heavy atom.